The van der Waals surface area contributed by atoms with Crippen molar-refractivity contribution < 1.29 is 0 Å². The number of nitrogens with zero attached hydrogens (tertiary/aromatic N) is 2. The van der Waals surface area contributed by atoms with Crippen LogP contribution in [0.4, 0.5) is 0 Å². The van der Waals surface area contributed by atoms with Gasteiger partial charge in [-0.05, 0) is 56.5 Å². The first-order valence-electron chi connectivity index (χ1n) is 8.26. The summed E-state index contributed by atoms with van der Waals surface area (Å²) in [6, 6.07) is 0. The van der Waals surface area contributed by atoms with E-state index >= 15 is 0 Å². The topological polar surface area (TPSA) is 29.9 Å². The molecule has 1 aromatic rings. The van der Waals surface area contributed by atoms with Gasteiger partial charge in [-0.25, -0.2) is 4.98 Å². The highest BCUT2D eigenvalue weighted by molar-refractivity contribution is 4.97. The molecule has 0 spiro atoms. The van der Waals surface area contributed by atoms with Crippen LogP contribution in [0, 0.1) is 17.3 Å². The van der Waals surface area contributed by atoms with Gasteiger partial charge >= 0.3 is 0 Å². The Hall–Kier alpha value is -0.830. The van der Waals surface area contributed by atoms with Crippen LogP contribution in [0.2, 0.25) is 0 Å². The van der Waals surface area contributed by atoms with E-state index in [1.165, 1.54) is 31.6 Å². The van der Waals surface area contributed by atoms with E-state index in [2.05, 4.69) is 48.8 Å². The fourth-order valence-electron chi connectivity index (χ4n) is 3.68. The predicted octanol–water partition coefficient (Wildman–Crippen LogP) is 3.50. The monoisotopic (exact) mass is 277 g/mol. The molecule has 0 aromatic carbocycles. The van der Waals surface area contributed by atoms with Gasteiger partial charge in [0.15, 0.2) is 0 Å². The minimum atomic E-state index is 0.497. The third-order valence-corrected chi connectivity index (χ3v) is 4.92. The molecule has 0 radical (unpaired) electrons. The van der Waals surface area contributed by atoms with Crippen molar-refractivity contribution >= 4 is 0 Å². The van der Waals surface area contributed by atoms with Crippen LogP contribution in [0.15, 0.2) is 12.4 Å². The maximum atomic E-state index is 4.59. The summed E-state index contributed by atoms with van der Waals surface area (Å²) < 4.78 is 2.30. The summed E-state index contributed by atoms with van der Waals surface area (Å²) in [6.07, 6.45) is 9.26. The molecule has 114 valence electrons. The average Bonchev–Trinajstić information content (AvgIpc) is 2.84. The molecular formula is C17H31N3. The summed E-state index contributed by atoms with van der Waals surface area (Å²) in [7, 11) is 0. The van der Waals surface area contributed by atoms with Gasteiger partial charge in [-0.2, -0.15) is 0 Å². The van der Waals surface area contributed by atoms with Crippen LogP contribution in [0.5, 0.6) is 0 Å². The van der Waals surface area contributed by atoms with Gasteiger partial charge < -0.3 is 9.88 Å². The van der Waals surface area contributed by atoms with Crippen molar-refractivity contribution in [2.45, 2.75) is 59.9 Å². The number of aromatic nitrogens is 2. The molecule has 0 aliphatic heterocycles. The first-order chi connectivity index (χ1) is 9.55. The van der Waals surface area contributed by atoms with Crippen molar-refractivity contribution in [2.75, 3.05) is 13.1 Å². The van der Waals surface area contributed by atoms with E-state index < -0.39 is 0 Å². The number of aryl methyl sites for hydroxylation is 1. The van der Waals surface area contributed by atoms with Crippen LogP contribution in [-0.4, -0.2) is 22.6 Å². The number of rotatable bonds is 6. The summed E-state index contributed by atoms with van der Waals surface area (Å²) in [5.41, 5.74) is 0.497. The Morgan fingerprint density at radius 1 is 1.35 bits per heavy atom. The second-order valence-electron chi connectivity index (χ2n) is 7.07. The van der Waals surface area contributed by atoms with Crippen molar-refractivity contribution in [2.24, 2.45) is 17.3 Å². The van der Waals surface area contributed by atoms with Gasteiger partial charge in [0.05, 0.1) is 0 Å². The zero-order chi connectivity index (χ0) is 14.6. The van der Waals surface area contributed by atoms with Crippen LogP contribution < -0.4 is 5.32 Å². The summed E-state index contributed by atoms with van der Waals surface area (Å²) in [5, 5.41) is 3.56. The summed E-state index contributed by atoms with van der Waals surface area (Å²) in [5.74, 6) is 2.85. The minimum absolute atomic E-state index is 0.497. The van der Waals surface area contributed by atoms with E-state index in [1.54, 1.807) is 0 Å². The molecule has 1 aliphatic carbocycles. The zero-order valence-electron chi connectivity index (χ0n) is 13.7. The lowest BCUT2D eigenvalue weighted by Crippen LogP contribution is -2.37. The third-order valence-electron chi connectivity index (χ3n) is 4.92. The van der Waals surface area contributed by atoms with Gasteiger partial charge in [-0.3, -0.25) is 0 Å². The van der Waals surface area contributed by atoms with Gasteiger partial charge in [0.1, 0.15) is 5.82 Å². The molecule has 3 nitrogen and oxygen atoms in total. The second-order valence-corrected chi connectivity index (χ2v) is 7.07. The van der Waals surface area contributed by atoms with Gasteiger partial charge in [-0.1, -0.05) is 20.8 Å². The normalized spacial score (nSPS) is 25.8. The highest BCUT2D eigenvalue weighted by atomic mass is 15.1. The summed E-state index contributed by atoms with van der Waals surface area (Å²) in [4.78, 5) is 4.59. The maximum absolute atomic E-state index is 4.59. The van der Waals surface area contributed by atoms with E-state index in [4.69, 9.17) is 0 Å². The third kappa shape index (κ3) is 3.85. The zero-order valence-corrected chi connectivity index (χ0v) is 13.7. The number of hydrogen-bond acceptors (Lipinski definition) is 2. The lowest BCUT2D eigenvalue weighted by molar-refractivity contribution is 0.114. The molecule has 1 fully saturated rings. The molecule has 0 bridgehead atoms. The first kappa shape index (κ1) is 15.6. The highest BCUT2D eigenvalue weighted by Crippen LogP contribution is 2.42. The van der Waals surface area contributed by atoms with Gasteiger partial charge in [-0.15, -0.1) is 0 Å². The van der Waals surface area contributed by atoms with Crippen molar-refractivity contribution in [1.29, 1.82) is 0 Å². The maximum Gasteiger partial charge on any atom is 0.108 e. The quantitative estimate of drug-likeness (QED) is 0.862. The molecule has 2 rings (SSSR count). The van der Waals surface area contributed by atoms with E-state index in [0.717, 1.165) is 31.3 Å². The standard InChI is InChI=1S/C17H31N3/c1-5-18-13-14-7-8-17(3,4)12-15(14)11-16-19-9-10-20(16)6-2/h9-10,14-15,18H,5-8,11-13H2,1-4H3. The number of imidazole rings is 1. The van der Waals surface area contributed by atoms with E-state index in [-0.39, 0.29) is 0 Å². The molecular weight excluding hydrogens is 246 g/mol. The van der Waals surface area contributed by atoms with Crippen LogP contribution in [0.1, 0.15) is 52.8 Å². The fourth-order valence-corrected chi connectivity index (χ4v) is 3.68. The molecule has 1 aliphatic rings. The predicted molar refractivity (Wildman–Crippen MR) is 84.8 cm³/mol. The molecule has 20 heavy (non-hydrogen) atoms. The molecule has 1 heterocycles. The molecule has 2 unspecified atom stereocenters. The van der Waals surface area contributed by atoms with Crippen molar-refractivity contribution in [1.82, 2.24) is 14.9 Å². The Kier molecular flexibility index (Phi) is 5.25. The van der Waals surface area contributed by atoms with Gasteiger partial charge in [0, 0.05) is 25.4 Å². The summed E-state index contributed by atoms with van der Waals surface area (Å²) >= 11 is 0. The van der Waals surface area contributed by atoms with Crippen molar-refractivity contribution in [3.05, 3.63) is 18.2 Å². The number of nitrogens with one attached hydrogen (secondary N) is 1. The molecule has 1 N–H and O–H groups in total. The molecule has 2 atom stereocenters. The molecule has 0 saturated heterocycles. The second kappa shape index (κ2) is 6.75. The summed E-state index contributed by atoms with van der Waals surface area (Å²) in [6.45, 7) is 12.5. The van der Waals surface area contributed by atoms with Crippen molar-refractivity contribution in [3.8, 4) is 0 Å². The van der Waals surface area contributed by atoms with E-state index in [0.29, 0.717) is 5.41 Å². The Morgan fingerprint density at radius 2 is 2.15 bits per heavy atom. The Morgan fingerprint density at radius 3 is 2.85 bits per heavy atom. The lowest BCUT2D eigenvalue weighted by atomic mass is 9.66. The molecule has 1 aromatic heterocycles. The molecule has 3 heteroatoms. The lowest BCUT2D eigenvalue weighted by Gasteiger charge is -2.41. The van der Waals surface area contributed by atoms with Gasteiger partial charge in [0.2, 0.25) is 0 Å². The minimum Gasteiger partial charge on any atom is -0.335 e. The van der Waals surface area contributed by atoms with Crippen LogP contribution in [-0.2, 0) is 13.0 Å². The first-order valence-corrected chi connectivity index (χ1v) is 8.26. The smallest absolute Gasteiger partial charge is 0.108 e. The SMILES string of the molecule is CCNCC1CCC(C)(C)CC1Cc1nccn1CC. The van der Waals surface area contributed by atoms with Crippen LogP contribution >= 0.6 is 0 Å². The Labute approximate surface area is 124 Å². The largest absolute Gasteiger partial charge is 0.335 e. The van der Waals surface area contributed by atoms with Crippen LogP contribution in [0.25, 0.3) is 0 Å². The van der Waals surface area contributed by atoms with E-state index in [1.807, 2.05) is 6.20 Å². The van der Waals surface area contributed by atoms with Gasteiger partial charge in [0.25, 0.3) is 0 Å². The number of hydrogen-bond donors (Lipinski definition) is 1. The van der Waals surface area contributed by atoms with Crippen molar-refractivity contribution in [3.63, 3.8) is 0 Å². The highest BCUT2D eigenvalue weighted by Gasteiger charge is 2.35. The average molecular weight is 277 g/mol. The Bertz CT molecular complexity index is 408. The van der Waals surface area contributed by atoms with E-state index in [9.17, 15) is 0 Å². The fraction of sp³-hybridized carbons (Fsp3) is 0.824. The van der Waals surface area contributed by atoms with Crippen LogP contribution in [0.3, 0.4) is 0 Å². The Balaban J connectivity index is 2.06. The molecule has 0 amide bonds. The molecule has 1 saturated carbocycles.